The molecule has 24 heavy (non-hydrogen) atoms. The van der Waals surface area contributed by atoms with Crippen molar-refractivity contribution in [2.24, 2.45) is 0 Å². The third-order valence-corrected chi connectivity index (χ3v) is 3.89. The van der Waals surface area contributed by atoms with Crippen LogP contribution in [0.25, 0.3) is 17.0 Å². The van der Waals surface area contributed by atoms with Crippen LogP contribution in [0.4, 0.5) is 4.39 Å². The van der Waals surface area contributed by atoms with Gasteiger partial charge in [0, 0.05) is 22.0 Å². The highest BCUT2D eigenvalue weighted by Gasteiger charge is 2.12. The van der Waals surface area contributed by atoms with E-state index in [-0.39, 0.29) is 6.54 Å². The Morgan fingerprint density at radius 1 is 1.33 bits per heavy atom. The number of halogens is 2. The van der Waals surface area contributed by atoms with Gasteiger partial charge in [-0.15, -0.1) is 0 Å². The fourth-order valence-electron chi connectivity index (χ4n) is 2.51. The minimum atomic E-state index is -1.05. The molecule has 0 aliphatic rings. The highest BCUT2D eigenvalue weighted by Crippen LogP contribution is 2.23. The molecular weight excluding hydrogens is 331 g/mol. The third kappa shape index (κ3) is 3.31. The summed E-state index contributed by atoms with van der Waals surface area (Å²) in [4.78, 5) is 10.8. The van der Waals surface area contributed by atoms with Crippen LogP contribution in [-0.2, 0) is 11.3 Å². The molecule has 122 valence electrons. The highest BCUT2D eigenvalue weighted by atomic mass is 35.5. The van der Waals surface area contributed by atoms with E-state index >= 15 is 0 Å². The molecule has 3 aromatic rings. The molecule has 0 saturated carbocycles. The summed E-state index contributed by atoms with van der Waals surface area (Å²) in [5.41, 5.74) is 2.84. The van der Waals surface area contributed by atoms with Crippen molar-refractivity contribution in [3.05, 3.63) is 70.1 Å². The first-order valence-electron chi connectivity index (χ1n) is 7.26. The monoisotopic (exact) mass is 344 g/mol. The third-order valence-electron chi connectivity index (χ3n) is 3.65. The van der Waals surface area contributed by atoms with Gasteiger partial charge in [-0.05, 0) is 36.8 Å². The van der Waals surface area contributed by atoms with Crippen LogP contribution in [0.1, 0.15) is 16.8 Å². The zero-order valence-corrected chi connectivity index (χ0v) is 13.6. The van der Waals surface area contributed by atoms with Crippen LogP contribution in [0.15, 0.2) is 42.5 Å². The molecule has 1 heterocycles. The number of fused-ring (bicyclic) bond motifs is 1. The maximum atomic E-state index is 14.1. The van der Waals surface area contributed by atoms with Gasteiger partial charge in [-0.1, -0.05) is 29.8 Å². The molecule has 2 aromatic carbocycles. The number of carboxylic acid groups (broad SMARTS) is 1. The zero-order valence-electron chi connectivity index (χ0n) is 12.8. The summed E-state index contributed by atoms with van der Waals surface area (Å²) < 4.78 is 15.7. The van der Waals surface area contributed by atoms with Gasteiger partial charge in [-0.3, -0.25) is 4.68 Å². The molecular formula is C18H14ClFN2O2. The number of aromatic nitrogens is 2. The first kappa shape index (κ1) is 16.2. The molecule has 0 radical (unpaired) electrons. The molecule has 4 nitrogen and oxygen atoms in total. The molecule has 0 unspecified atom stereocenters. The van der Waals surface area contributed by atoms with Gasteiger partial charge in [0.05, 0.1) is 17.8 Å². The van der Waals surface area contributed by atoms with Gasteiger partial charge in [-0.2, -0.15) is 5.10 Å². The lowest BCUT2D eigenvalue weighted by Crippen LogP contribution is -2.04. The van der Waals surface area contributed by atoms with E-state index in [1.54, 1.807) is 16.8 Å². The lowest BCUT2D eigenvalue weighted by Gasteiger charge is -2.06. The average Bonchev–Trinajstić information content (AvgIpc) is 2.85. The number of aliphatic carboxylic acids is 1. The topological polar surface area (TPSA) is 55.1 Å². The number of nitrogens with zero attached hydrogens (tertiary/aromatic N) is 2. The van der Waals surface area contributed by atoms with Crippen LogP contribution >= 0.6 is 11.6 Å². The summed E-state index contributed by atoms with van der Waals surface area (Å²) in [6, 6.07) is 10.3. The van der Waals surface area contributed by atoms with Gasteiger partial charge in [0.25, 0.3) is 0 Å². The summed E-state index contributed by atoms with van der Waals surface area (Å²) in [5.74, 6) is -1.45. The normalized spacial score (nSPS) is 11.5. The number of benzene rings is 2. The Hall–Kier alpha value is -2.66. The first-order valence-corrected chi connectivity index (χ1v) is 7.64. The molecule has 0 saturated heterocycles. The van der Waals surface area contributed by atoms with Crippen molar-refractivity contribution in [3.8, 4) is 0 Å². The van der Waals surface area contributed by atoms with E-state index in [1.165, 1.54) is 12.1 Å². The molecule has 0 bridgehead atoms. The van der Waals surface area contributed by atoms with Crippen LogP contribution in [0.5, 0.6) is 0 Å². The molecule has 6 heteroatoms. The van der Waals surface area contributed by atoms with Crippen LogP contribution in [0.3, 0.4) is 0 Å². The fraction of sp³-hybridized carbons (Fsp3) is 0.111. The Balaban J connectivity index is 2.09. The lowest BCUT2D eigenvalue weighted by atomic mass is 10.1. The second kappa shape index (κ2) is 6.45. The standard InChI is InChI=1S/C18H14ClFN2O2/c1-11-2-5-14-16(6-7-18(23)24)21-22(17(14)8-11)10-12-3-4-13(19)9-15(12)20/h2-9H,10H2,1H3,(H,23,24)/b7-6+. The second-order valence-electron chi connectivity index (χ2n) is 5.47. The van der Waals surface area contributed by atoms with Gasteiger partial charge >= 0.3 is 5.97 Å². The van der Waals surface area contributed by atoms with Crippen molar-refractivity contribution in [3.63, 3.8) is 0 Å². The first-order chi connectivity index (χ1) is 11.4. The second-order valence-corrected chi connectivity index (χ2v) is 5.91. The van der Waals surface area contributed by atoms with Gasteiger partial charge in [0.15, 0.2) is 0 Å². The van der Waals surface area contributed by atoms with E-state index < -0.39 is 11.8 Å². The maximum Gasteiger partial charge on any atom is 0.328 e. The highest BCUT2D eigenvalue weighted by molar-refractivity contribution is 6.30. The Labute approximate surface area is 142 Å². The van der Waals surface area contributed by atoms with Crippen LogP contribution in [0.2, 0.25) is 5.02 Å². The molecule has 1 N–H and O–H groups in total. The summed E-state index contributed by atoms with van der Waals surface area (Å²) in [6.07, 6.45) is 2.48. The van der Waals surface area contributed by atoms with Crippen LogP contribution < -0.4 is 0 Å². The fourth-order valence-corrected chi connectivity index (χ4v) is 2.67. The van der Waals surface area contributed by atoms with Gasteiger partial charge < -0.3 is 5.11 Å². The van der Waals surface area contributed by atoms with E-state index in [0.29, 0.717) is 16.3 Å². The number of rotatable bonds is 4. The van der Waals surface area contributed by atoms with Crippen LogP contribution in [-0.4, -0.2) is 20.9 Å². The number of hydrogen-bond acceptors (Lipinski definition) is 2. The van der Waals surface area contributed by atoms with E-state index in [4.69, 9.17) is 16.7 Å². The maximum absolute atomic E-state index is 14.1. The SMILES string of the molecule is Cc1ccc2c(/C=C/C(=O)O)nn(Cc3ccc(Cl)cc3F)c2c1. The van der Waals surface area contributed by atoms with Crippen molar-refractivity contribution in [1.82, 2.24) is 9.78 Å². The minimum absolute atomic E-state index is 0.226. The molecule has 0 fully saturated rings. The Kier molecular flexibility index (Phi) is 4.36. The van der Waals surface area contributed by atoms with Crippen molar-refractivity contribution < 1.29 is 14.3 Å². The van der Waals surface area contributed by atoms with Gasteiger partial charge in [0.2, 0.25) is 0 Å². The number of carboxylic acids is 1. The van der Waals surface area contributed by atoms with Crippen molar-refractivity contribution in [1.29, 1.82) is 0 Å². The predicted octanol–water partition coefficient (Wildman–Crippen LogP) is 4.28. The Morgan fingerprint density at radius 2 is 2.12 bits per heavy atom. The smallest absolute Gasteiger partial charge is 0.328 e. The Morgan fingerprint density at radius 3 is 2.83 bits per heavy atom. The summed E-state index contributed by atoms with van der Waals surface area (Å²) in [6.45, 7) is 2.18. The molecule has 0 aliphatic heterocycles. The van der Waals surface area contributed by atoms with E-state index in [2.05, 4.69) is 5.10 Å². The van der Waals surface area contributed by atoms with Crippen molar-refractivity contribution >= 4 is 34.5 Å². The summed E-state index contributed by atoms with van der Waals surface area (Å²) in [7, 11) is 0. The van der Waals surface area contributed by atoms with E-state index in [9.17, 15) is 9.18 Å². The molecule has 0 amide bonds. The van der Waals surface area contributed by atoms with Crippen molar-refractivity contribution in [2.45, 2.75) is 13.5 Å². The Bertz CT molecular complexity index is 963. The summed E-state index contributed by atoms with van der Waals surface area (Å²) >= 11 is 5.78. The molecule has 1 aromatic heterocycles. The minimum Gasteiger partial charge on any atom is -0.478 e. The van der Waals surface area contributed by atoms with E-state index in [0.717, 1.165) is 22.5 Å². The molecule has 3 rings (SSSR count). The van der Waals surface area contributed by atoms with E-state index in [1.807, 2.05) is 25.1 Å². The van der Waals surface area contributed by atoms with Crippen molar-refractivity contribution in [2.75, 3.05) is 0 Å². The predicted molar refractivity (Wildman–Crippen MR) is 91.7 cm³/mol. The number of carbonyl (C=O) groups is 1. The van der Waals surface area contributed by atoms with Gasteiger partial charge in [-0.25, -0.2) is 9.18 Å². The molecule has 0 aliphatic carbocycles. The van der Waals surface area contributed by atoms with Crippen LogP contribution in [0, 0.1) is 12.7 Å². The molecule has 0 atom stereocenters. The number of aryl methyl sites for hydroxylation is 1. The molecule has 0 spiro atoms. The van der Waals surface area contributed by atoms with Gasteiger partial charge in [0.1, 0.15) is 5.82 Å². The lowest BCUT2D eigenvalue weighted by molar-refractivity contribution is -0.131. The average molecular weight is 345 g/mol. The summed E-state index contributed by atoms with van der Waals surface area (Å²) in [5, 5.41) is 14.4. The zero-order chi connectivity index (χ0) is 17.3. The largest absolute Gasteiger partial charge is 0.478 e. The number of hydrogen-bond donors (Lipinski definition) is 1. The quantitative estimate of drug-likeness (QED) is 0.718.